The summed E-state index contributed by atoms with van der Waals surface area (Å²) >= 11 is 5.86. The zero-order valence-electron chi connectivity index (χ0n) is 17.0. The molecule has 32 heavy (non-hydrogen) atoms. The fourth-order valence-electron chi connectivity index (χ4n) is 3.97. The van der Waals surface area contributed by atoms with E-state index < -0.39 is 6.09 Å². The lowest BCUT2D eigenvalue weighted by Gasteiger charge is -2.23. The van der Waals surface area contributed by atoms with E-state index in [4.69, 9.17) is 16.0 Å². The Morgan fingerprint density at radius 3 is 2.75 bits per heavy atom. The Balaban J connectivity index is 1.38. The predicted octanol–water partition coefficient (Wildman–Crippen LogP) is 3.85. The van der Waals surface area contributed by atoms with E-state index in [2.05, 4.69) is 9.97 Å². The van der Waals surface area contributed by atoms with Crippen molar-refractivity contribution in [2.75, 3.05) is 6.54 Å². The maximum atomic E-state index is 12.7. The zero-order valence-corrected chi connectivity index (χ0v) is 17.7. The molecule has 3 aromatic heterocycles. The van der Waals surface area contributed by atoms with E-state index in [1.54, 1.807) is 24.5 Å². The van der Waals surface area contributed by atoms with Crippen molar-refractivity contribution in [2.45, 2.75) is 25.8 Å². The van der Waals surface area contributed by atoms with Gasteiger partial charge in [-0.1, -0.05) is 11.6 Å². The fraction of sp³-hybridized carbons (Fsp3) is 0.217. The lowest BCUT2D eigenvalue weighted by molar-refractivity contribution is 0.138. The number of halogens is 1. The number of carboxylic acid groups (broad SMARTS) is 1. The second kappa shape index (κ2) is 8.12. The third kappa shape index (κ3) is 3.85. The largest absolute Gasteiger partial charge is 0.465 e. The molecule has 0 unspecified atom stereocenters. The summed E-state index contributed by atoms with van der Waals surface area (Å²) in [6.45, 7) is 0.709. The minimum absolute atomic E-state index is 0.301. The van der Waals surface area contributed by atoms with Crippen molar-refractivity contribution in [3.63, 3.8) is 0 Å². The van der Waals surface area contributed by atoms with E-state index >= 15 is 0 Å². The summed E-state index contributed by atoms with van der Waals surface area (Å²) in [7, 11) is 0. The monoisotopic (exact) mass is 450 g/mol. The standard InChI is InChI=1S/C23H19ClN4O4/c24-14-1-2-15(25-12-14)3-4-16-7-10-28(22(29)26-16)17-5-6-18-19-13-27(23(30)31)9-8-20(19)32-21(18)11-17/h1-2,5-7,10-12H,3-4,8-9,13H2,(H,30,31). The highest BCUT2D eigenvalue weighted by Gasteiger charge is 2.25. The van der Waals surface area contributed by atoms with E-state index in [9.17, 15) is 14.7 Å². The Hall–Kier alpha value is -3.65. The first kappa shape index (κ1) is 20.3. The molecule has 0 aliphatic carbocycles. The third-order valence-corrected chi connectivity index (χ3v) is 5.88. The highest BCUT2D eigenvalue weighted by atomic mass is 35.5. The van der Waals surface area contributed by atoms with E-state index in [1.165, 1.54) is 9.47 Å². The minimum atomic E-state index is -0.939. The van der Waals surface area contributed by atoms with Crippen LogP contribution >= 0.6 is 11.6 Å². The van der Waals surface area contributed by atoms with Crippen molar-refractivity contribution in [2.24, 2.45) is 0 Å². The average molecular weight is 451 g/mol. The maximum absolute atomic E-state index is 12.7. The van der Waals surface area contributed by atoms with Crippen LogP contribution in [0.3, 0.4) is 0 Å². The SMILES string of the molecule is O=C(O)N1CCc2oc3cc(-n4ccc(CCc5ccc(Cl)cn5)nc4=O)ccc3c2C1. The molecule has 0 atom stereocenters. The molecule has 0 spiro atoms. The van der Waals surface area contributed by atoms with Gasteiger partial charge in [0.25, 0.3) is 0 Å². The Labute approximate surface area is 187 Å². The second-order valence-electron chi connectivity index (χ2n) is 7.68. The van der Waals surface area contributed by atoms with Crippen LogP contribution in [-0.4, -0.2) is 37.2 Å². The van der Waals surface area contributed by atoms with Gasteiger partial charge in [0.05, 0.1) is 17.3 Å². The zero-order chi connectivity index (χ0) is 22.2. The molecule has 5 rings (SSSR count). The van der Waals surface area contributed by atoms with Crippen LogP contribution in [0.2, 0.25) is 5.02 Å². The average Bonchev–Trinajstić information content (AvgIpc) is 3.15. The topological polar surface area (TPSA) is 101 Å². The van der Waals surface area contributed by atoms with Crippen LogP contribution in [0.1, 0.15) is 22.7 Å². The summed E-state index contributed by atoms with van der Waals surface area (Å²) in [6, 6.07) is 10.9. The van der Waals surface area contributed by atoms with Gasteiger partial charge in [0, 0.05) is 53.8 Å². The van der Waals surface area contributed by atoms with Crippen LogP contribution in [0.15, 0.2) is 58.0 Å². The van der Waals surface area contributed by atoms with Gasteiger partial charge in [-0.15, -0.1) is 0 Å². The van der Waals surface area contributed by atoms with Gasteiger partial charge in [-0.05, 0) is 43.2 Å². The lowest BCUT2D eigenvalue weighted by Crippen LogP contribution is -2.34. The Kier molecular flexibility index (Phi) is 5.14. The Morgan fingerprint density at radius 2 is 2.00 bits per heavy atom. The fourth-order valence-corrected chi connectivity index (χ4v) is 4.08. The number of amides is 1. The van der Waals surface area contributed by atoms with E-state index in [-0.39, 0.29) is 5.69 Å². The number of hydrogen-bond donors (Lipinski definition) is 1. The molecule has 162 valence electrons. The number of aromatic nitrogens is 3. The molecule has 1 aromatic carbocycles. The van der Waals surface area contributed by atoms with Gasteiger partial charge in [-0.3, -0.25) is 9.55 Å². The molecule has 0 bridgehead atoms. The molecule has 1 aliphatic heterocycles. The number of rotatable bonds is 4. The van der Waals surface area contributed by atoms with E-state index in [1.807, 2.05) is 24.3 Å². The van der Waals surface area contributed by atoms with E-state index in [0.717, 1.165) is 22.4 Å². The van der Waals surface area contributed by atoms with Crippen LogP contribution in [0.5, 0.6) is 0 Å². The van der Waals surface area contributed by atoms with Gasteiger partial charge in [-0.25, -0.2) is 9.59 Å². The number of benzene rings is 1. The van der Waals surface area contributed by atoms with Crippen molar-refractivity contribution < 1.29 is 14.3 Å². The van der Waals surface area contributed by atoms with Gasteiger partial charge in [-0.2, -0.15) is 4.98 Å². The van der Waals surface area contributed by atoms with Crippen molar-refractivity contribution in [1.82, 2.24) is 19.4 Å². The van der Waals surface area contributed by atoms with Crippen LogP contribution in [0.25, 0.3) is 16.7 Å². The predicted molar refractivity (Wildman–Crippen MR) is 118 cm³/mol. The van der Waals surface area contributed by atoms with Crippen LogP contribution in [-0.2, 0) is 25.8 Å². The van der Waals surface area contributed by atoms with Crippen LogP contribution in [0.4, 0.5) is 4.79 Å². The van der Waals surface area contributed by atoms with E-state index in [0.29, 0.717) is 54.3 Å². The summed E-state index contributed by atoms with van der Waals surface area (Å²) < 4.78 is 7.44. The summed E-state index contributed by atoms with van der Waals surface area (Å²) in [4.78, 5) is 33.8. The maximum Gasteiger partial charge on any atom is 0.407 e. The first-order chi connectivity index (χ1) is 15.5. The third-order valence-electron chi connectivity index (χ3n) is 5.65. The first-order valence-corrected chi connectivity index (χ1v) is 10.6. The molecule has 8 nitrogen and oxygen atoms in total. The van der Waals surface area contributed by atoms with Gasteiger partial charge < -0.3 is 14.4 Å². The van der Waals surface area contributed by atoms with Gasteiger partial charge >= 0.3 is 11.8 Å². The van der Waals surface area contributed by atoms with Crippen molar-refractivity contribution in [3.8, 4) is 5.69 Å². The quantitative estimate of drug-likeness (QED) is 0.506. The molecule has 0 saturated heterocycles. The van der Waals surface area contributed by atoms with Crippen molar-refractivity contribution in [1.29, 1.82) is 0 Å². The van der Waals surface area contributed by atoms with Gasteiger partial charge in [0.15, 0.2) is 0 Å². The highest BCUT2D eigenvalue weighted by molar-refractivity contribution is 6.30. The number of fused-ring (bicyclic) bond motifs is 3. The van der Waals surface area contributed by atoms with Crippen LogP contribution in [0, 0.1) is 0 Å². The lowest BCUT2D eigenvalue weighted by atomic mass is 10.0. The van der Waals surface area contributed by atoms with Crippen molar-refractivity contribution in [3.05, 3.63) is 87.0 Å². The minimum Gasteiger partial charge on any atom is -0.465 e. The highest BCUT2D eigenvalue weighted by Crippen LogP contribution is 2.31. The molecule has 1 amide bonds. The summed E-state index contributed by atoms with van der Waals surface area (Å²) in [6.07, 6.45) is 4.15. The molecule has 0 fully saturated rings. The number of aryl methyl sites for hydroxylation is 2. The first-order valence-electron chi connectivity index (χ1n) is 10.2. The summed E-state index contributed by atoms with van der Waals surface area (Å²) in [5, 5.41) is 10.7. The smallest absolute Gasteiger partial charge is 0.407 e. The summed E-state index contributed by atoms with van der Waals surface area (Å²) in [5.41, 5.74) is 3.35. The number of nitrogens with zero attached hydrogens (tertiary/aromatic N) is 4. The molecule has 9 heteroatoms. The number of furan rings is 1. The molecular formula is C23H19ClN4O4. The molecule has 1 aliphatic rings. The molecular weight excluding hydrogens is 432 g/mol. The number of pyridine rings is 1. The second-order valence-corrected chi connectivity index (χ2v) is 8.11. The summed E-state index contributed by atoms with van der Waals surface area (Å²) in [5.74, 6) is 0.797. The normalized spacial score (nSPS) is 13.3. The molecule has 1 N–H and O–H groups in total. The molecule has 0 radical (unpaired) electrons. The molecule has 4 heterocycles. The van der Waals surface area contributed by atoms with Gasteiger partial charge in [0.2, 0.25) is 0 Å². The molecule has 4 aromatic rings. The number of carbonyl (C=O) groups is 1. The van der Waals surface area contributed by atoms with Gasteiger partial charge in [0.1, 0.15) is 11.3 Å². The Bertz CT molecular complexity index is 1380. The molecule has 0 saturated carbocycles. The Morgan fingerprint density at radius 1 is 1.16 bits per heavy atom. The number of hydrogen-bond acceptors (Lipinski definition) is 5. The van der Waals surface area contributed by atoms with Crippen LogP contribution < -0.4 is 5.69 Å². The van der Waals surface area contributed by atoms with Crippen molar-refractivity contribution >= 4 is 28.7 Å².